The highest BCUT2D eigenvalue weighted by atomic mass is 35.5. The van der Waals surface area contributed by atoms with E-state index in [0.29, 0.717) is 30.0 Å². The zero-order chi connectivity index (χ0) is 18.8. The number of hydrogen-bond acceptors (Lipinski definition) is 3. The molecule has 26 heavy (non-hydrogen) atoms. The van der Waals surface area contributed by atoms with E-state index in [9.17, 15) is 14.7 Å². The number of aromatic nitrogens is 2. The summed E-state index contributed by atoms with van der Waals surface area (Å²) in [5.41, 5.74) is 2.11. The highest BCUT2D eigenvalue weighted by Gasteiger charge is 2.33. The molecule has 0 aliphatic carbocycles. The largest absolute Gasteiger partial charge is 0.481 e. The predicted molar refractivity (Wildman–Crippen MR) is 98.8 cm³/mol. The number of nitrogens with zero attached hydrogens (tertiary/aromatic N) is 3. The van der Waals surface area contributed by atoms with E-state index in [1.807, 2.05) is 26.0 Å². The lowest BCUT2D eigenvalue weighted by atomic mass is 9.90. The van der Waals surface area contributed by atoms with Gasteiger partial charge in [0, 0.05) is 18.1 Å². The molecule has 1 aliphatic heterocycles. The molecule has 1 aromatic heterocycles. The molecular formula is C19H22ClN3O3. The van der Waals surface area contributed by atoms with Crippen LogP contribution in [-0.2, 0) is 11.2 Å². The third-order valence-corrected chi connectivity index (χ3v) is 5.02. The van der Waals surface area contributed by atoms with Crippen molar-refractivity contribution in [3.8, 4) is 5.69 Å². The molecule has 0 bridgehead atoms. The number of carboxylic acid groups (broad SMARTS) is 1. The van der Waals surface area contributed by atoms with Gasteiger partial charge in [0.1, 0.15) is 0 Å². The molecule has 1 amide bonds. The van der Waals surface area contributed by atoms with E-state index < -0.39 is 11.9 Å². The number of piperidine rings is 1. The second-order valence-corrected chi connectivity index (χ2v) is 7.27. The number of hydrogen-bond donors (Lipinski definition) is 1. The van der Waals surface area contributed by atoms with Crippen molar-refractivity contribution in [3.63, 3.8) is 0 Å². The summed E-state index contributed by atoms with van der Waals surface area (Å²) in [6.07, 6.45) is 2.79. The molecule has 2 heterocycles. The van der Waals surface area contributed by atoms with Crippen molar-refractivity contribution < 1.29 is 14.7 Å². The maximum absolute atomic E-state index is 13.1. The number of carbonyl (C=O) groups excluding carboxylic acids is 1. The first kappa shape index (κ1) is 18.5. The number of likely N-dealkylation sites (tertiary alicyclic amines) is 1. The Labute approximate surface area is 157 Å². The van der Waals surface area contributed by atoms with Gasteiger partial charge in [-0.3, -0.25) is 9.59 Å². The molecule has 6 nitrogen and oxygen atoms in total. The number of aliphatic carboxylic acids is 1. The predicted octanol–water partition coefficient (Wildman–Crippen LogP) is 3.27. The Bertz CT molecular complexity index is 833. The maximum atomic E-state index is 13.1. The first-order valence-corrected chi connectivity index (χ1v) is 9.13. The lowest BCUT2D eigenvalue weighted by Crippen LogP contribution is -2.45. The van der Waals surface area contributed by atoms with E-state index in [1.165, 1.54) is 0 Å². The van der Waals surface area contributed by atoms with Gasteiger partial charge in [0.05, 0.1) is 29.1 Å². The lowest BCUT2D eigenvalue weighted by Gasteiger charge is -2.34. The van der Waals surface area contributed by atoms with Crippen molar-refractivity contribution >= 4 is 23.5 Å². The van der Waals surface area contributed by atoms with Gasteiger partial charge in [-0.2, -0.15) is 5.10 Å². The molecule has 3 rings (SSSR count). The van der Waals surface area contributed by atoms with Gasteiger partial charge >= 0.3 is 5.97 Å². The molecule has 1 N–H and O–H groups in total. The molecule has 7 heteroatoms. The third kappa shape index (κ3) is 3.60. The molecule has 1 aromatic carbocycles. The third-order valence-electron chi connectivity index (χ3n) is 4.78. The first-order chi connectivity index (χ1) is 12.4. The Balaban J connectivity index is 1.92. The van der Waals surface area contributed by atoms with Gasteiger partial charge in [0.2, 0.25) is 0 Å². The monoisotopic (exact) mass is 375 g/mol. The summed E-state index contributed by atoms with van der Waals surface area (Å²) in [7, 11) is 0. The van der Waals surface area contributed by atoms with E-state index in [-0.39, 0.29) is 18.4 Å². The fourth-order valence-corrected chi connectivity index (χ4v) is 3.77. The number of carboxylic acids is 1. The molecule has 138 valence electrons. The van der Waals surface area contributed by atoms with Crippen LogP contribution < -0.4 is 0 Å². The van der Waals surface area contributed by atoms with Crippen LogP contribution in [0.5, 0.6) is 0 Å². The van der Waals surface area contributed by atoms with Crippen LogP contribution in [0.3, 0.4) is 0 Å². The van der Waals surface area contributed by atoms with Crippen molar-refractivity contribution in [2.75, 3.05) is 13.1 Å². The SMILES string of the molecule is CCc1c(C(=O)N2CC(C)CC(C(=O)O)C2)cnn1-c1cccc(Cl)c1. The van der Waals surface area contributed by atoms with Gasteiger partial charge in [-0.25, -0.2) is 4.68 Å². The Morgan fingerprint density at radius 3 is 2.77 bits per heavy atom. The molecule has 1 aliphatic rings. The number of carbonyl (C=O) groups is 2. The number of halogens is 1. The summed E-state index contributed by atoms with van der Waals surface area (Å²) >= 11 is 6.07. The lowest BCUT2D eigenvalue weighted by molar-refractivity contribution is -0.143. The summed E-state index contributed by atoms with van der Waals surface area (Å²) in [4.78, 5) is 26.1. The summed E-state index contributed by atoms with van der Waals surface area (Å²) in [5.74, 6) is -1.37. The van der Waals surface area contributed by atoms with Crippen LogP contribution in [-0.4, -0.2) is 44.8 Å². The van der Waals surface area contributed by atoms with Crippen LogP contribution in [0, 0.1) is 11.8 Å². The summed E-state index contributed by atoms with van der Waals surface area (Å²) in [6.45, 7) is 4.75. The Hall–Kier alpha value is -2.34. The van der Waals surface area contributed by atoms with Crippen LogP contribution in [0.1, 0.15) is 36.3 Å². The van der Waals surface area contributed by atoms with Gasteiger partial charge in [-0.15, -0.1) is 0 Å². The minimum Gasteiger partial charge on any atom is -0.481 e. The molecule has 0 saturated carbocycles. The van der Waals surface area contributed by atoms with Gasteiger partial charge in [0.15, 0.2) is 0 Å². The Morgan fingerprint density at radius 1 is 1.35 bits per heavy atom. The van der Waals surface area contributed by atoms with Crippen molar-refractivity contribution in [2.45, 2.75) is 26.7 Å². The molecule has 0 spiro atoms. The smallest absolute Gasteiger partial charge is 0.308 e. The topological polar surface area (TPSA) is 75.4 Å². The Morgan fingerprint density at radius 2 is 2.12 bits per heavy atom. The van der Waals surface area contributed by atoms with Gasteiger partial charge in [-0.05, 0) is 37.0 Å². The van der Waals surface area contributed by atoms with Crippen molar-refractivity contribution in [2.24, 2.45) is 11.8 Å². The van der Waals surface area contributed by atoms with Crippen LogP contribution in [0.25, 0.3) is 5.69 Å². The number of amides is 1. The van der Waals surface area contributed by atoms with E-state index in [4.69, 9.17) is 11.6 Å². The first-order valence-electron chi connectivity index (χ1n) is 8.75. The van der Waals surface area contributed by atoms with Crippen molar-refractivity contribution in [3.05, 3.63) is 46.7 Å². The normalized spacial score (nSPS) is 20.2. The second-order valence-electron chi connectivity index (χ2n) is 6.84. The van der Waals surface area contributed by atoms with Crippen molar-refractivity contribution in [1.29, 1.82) is 0 Å². The second kappa shape index (κ2) is 7.50. The van der Waals surface area contributed by atoms with Gasteiger partial charge in [-0.1, -0.05) is 31.5 Å². The molecule has 2 unspecified atom stereocenters. The minimum atomic E-state index is -0.848. The fraction of sp³-hybridized carbons (Fsp3) is 0.421. The summed E-state index contributed by atoms with van der Waals surface area (Å²) in [6, 6.07) is 7.30. The minimum absolute atomic E-state index is 0.154. The molecule has 1 fully saturated rings. The van der Waals surface area contributed by atoms with Crippen LogP contribution in [0.4, 0.5) is 0 Å². The molecule has 2 aromatic rings. The van der Waals surface area contributed by atoms with Crippen LogP contribution in [0.2, 0.25) is 5.02 Å². The van der Waals surface area contributed by atoms with Crippen LogP contribution in [0.15, 0.2) is 30.5 Å². The fourth-order valence-electron chi connectivity index (χ4n) is 3.59. The molecule has 1 saturated heterocycles. The molecule has 0 radical (unpaired) electrons. The number of benzene rings is 1. The maximum Gasteiger partial charge on any atom is 0.308 e. The molecular weight excluding hydrogens is 354 g/mol. The number of rotatable bonds is 4. The zero-order valence-electron chi connectivity index (χ0n) is 14.9. The Kier molecular flexibility index (Phi) is 5.32. The van der Waals surface area contributed by atoms with E-state index >= 15 is 0 Å². The van der Waals surface area contributed by atoms with Crippen LogP contribution >= 0.6 is 11.6 Å². The quantitative estimate of drug-likeness (QED) is 0.889. The average molecular weight is 376 g/mol. The van der Waals surface area contributed by atoms with Gasteiger partial charge in [0.25, 0.3) is 5.91 Å². The van der Waals surface area contributed by atoms with E-state index in [0.717, 1.165) is 11.4 Å². The molecule has 2 atom stereocenters. The van der Waals surface area contributed by atoms with Crippen molar-refractivity contribution in [1.82, 2.24) is 14.7 Å². The standard InChI is InChI=1S/C19H22ClN3O3/c1-3-17-16(9-21-23(17)15-6-4-5-14(20)8-15)18(24)22-10-12(2)7-13(11-22)19(25)26/h4-6,8-9,12-13H,3,7,10-11H2,1-2H3,(H,25,26). The zero-order valence-corrected chi connectivity index (χ0v) is 15.6. The summed E-state index contributed by atoms with van der Waals surface area (Å²) < 4.78 is 1.72. The van der Waals surface area contributed by atoms with E-state index in [1.54, 1.807) is 27.9 Å². The van der Waals surface area contributed by atoms with Gasteiger partial charge < -0.3 is 10.0 Å². The van der Waals surface area contributed by atoms with E-state index in [2.05, 4.69) is 5.10 Å². The highest BCUT2D eigenvalue weighted by molar-refractivity contribution is 6.30. The highest BCUT2D eigenvalue weighted by Crippen LogP contribution is 2.25. The summed E-state index contributed by atoms with van der Waals surface area (Å²) in [5, 5.41) is 14.3. The average Bonchev–Trinajstić information content (AvgIpc) is 3.04.